The molecule has 7 nitrogen and oxygen atoms in total. The lowest BCUT2D eigenvalue weighted by Gasteiger charge is -2.46. The van der Waals surface area contributed by atoms with E-state index in [4.69, 9.17) is 16.3 Å². The molecule has 2 unspecified atom stereocenters. The van der Waals surface area contributed by atoms with E-state index in [1.165, 1.54) is 18.2 Å². The molecule has 3 aliphatic heterocycles. The number of benzene rings is 1. The van der Waals surface area contributed by atoms with E-state index in [1.807, 2.05) is 0 Å². The van der Waals surface area contributed by atoms with Crippen LogP contribution >= 0.6 is 11.6 Å². The SMILES string of the molecule is O=C1COC2CCN(C(=O)N3CC(CNC(c4ccccc4Cl)C(F)(F)F)C3)C[C@H]2N1. The highest BCUT2D eigenvalue weighted by Gasteiger charge is 2.43. The van der Waals surface area contributed by atoms with E-state index in [9.17, 15) is 22.8 Å². The van der Waals surface area contributed by atoms with Crippen LogP contribution in [-0.2, 0) is 9.53 Å². The maximum absolute atomic E-state index is 13.5. The van der Waals surface area contributed by atoms with Crippen molar-refractivity contribution in [3.8, 4) is 0 Å². The summed E-state index contributed by atoms with van der Waals surface area (Å²) >= 11 is 5.96. The van der Waals surface area contributed by atoms with Crippen molar-refractivity contribution < 1.29 is 27.5 Å². The standard InChI is InChI=1S/C20H24ClF3N4O3/c21-14-4-2-1-3-13(14)18(20(22,23)24)25-7-12-8-28(9-12)19(30)27-6-5-16-15(10-27)26-17(29)11-31-16/h1-4,12,15-16,18,25H,5-11H2,(H,26,29)/t15-,16?,18?/m1/s1. The number of halogens is 4. The lowest BCUT2D eigenvalue weighted by Crippen LogP contribution is -2.64. The monoisotopic (exact) mass is 460 g/mol. The molecule has 0 spiro atoms. The van der Waals surface area contributed by atoms with Crippen LogP contribution in [0.1, 0.15) is 18.0 Å². The van der Waals surface area contributed by atoms with Crippen LogP contribution in [0.25, 0.3) is 0 Å². The molecule has 0 saturated carbocycles. The van der Waals surface area contributed by atoms with Gasteiger partial charge in [0.2, 0.25) is 5.91 Å². The summed E-state index contributed by atoms with van der Waals surface area (Å²) in [7, 11) is 0. The number of fused-ring (bicyclic) bond motifs is 1. The topological polar surface area (TPSA) is 73.9 Å². The zero-order chi connectivity index (χ0) is 22.2. The summed E-state index contributed by atoms with van der Waals surface area (Å²) in [5.41, 5.74) is -0.0106. The molecule has 1 aromatic rings. The van der Waals surface area contributed by atoms with Gasteiger partial charge in [-0.1, -0.05) is 29.8 Å². The first-order valence-electron chi connectivity index (χ1n) is 10.2. The molecule has 4 rings (SSSR count). The van der Waals surface area contributed by atoms with E-state index in [1.54, 1.807) is 15.9 Å². The number of nitrogens with zero attached hydrogens (tertiary/aromatic N) is 2. The fourth-order valence-corrected chi connectivity index (χ4v) is 4.57. The van der Waals surface area contributed by atoms with Crippen LogP contribution in [0.3, 0.4) is 0 Å². The molecule has 0 radical (unpaired) electrons. The molecule has 3 saturated heterocycles. The summed E-state index contributed by atoms with van der Waals surface area (Å²) in [6.45, 7) is 1.82. The second kappa shape index (κ2) is 8.84. The van der Waals surface area contributed by atoms with Gasteiger partial charge < -0.3 is 25.2 Å². The van der Waals surface area contributed by atoms with Crippen molar-refractivity contribution in [1.82, 2.24) is 20.4 Å². The van der Waals surface area contributed by atoms with Crippen molar-refractivity contribution in [2.75, 3.05) is 39.3 Å². The zero-order valence-electron chi connectivity index (χ0n) is 16.7. The summed E-state index contributed by atoms with van der Waals surface area (Å²) in [5.74, 6) is -0.269. The highest BCUT2D eigenvalue weighted by atomic mass is 35.5. The Morgan fingerprint density at radius 3 is 2.71 bits per heavy atom. The number of morpholine rings is 1. The minimum absolute atomic E-state index is 0.0106. The van der Waals surface area contributed by atoms with Gasteiger partial charge in [0, 0.05) is 43.7 Å². The van der Waals surface area contributed by atoms with Crippen LogP contribution in [0.15, 0.2) is 24.3 Å². The smallest absolute Gasteiger partial charge is 0.366 e. The van der Waals surface area contributed by atoms with E-state index in [0.29, 0.717) is 32.6 Å². The fourth-order valence-electron chi connectivity index (χ4n) is 4.32. The predicted molar refractivity (Wildman–Crippen MR) is 107 cm³/mol. The molecule has 3 fully saturated rings. The lowest BCUT2D eigenvalue weighted by atomic mass is 9.98. The number of amides is 3. The van der Waals surface area contributed by atoms with E-state index in [0.717, 1.165) is 0 Å². The minimum Gasteiger partial charge on any atom is -0.366 e. The number of hydrogen-bond acceptors (Lipinski definition) is 4. The Labute approximate surface area is 182 Å². The number of urea groups is 1. The lowest BCUT2D eigenvalue weighted by molar-refractivity contribution is -0.158. The number of carbonyl (C=O) groups is 2. The number of nitrogens with one attached hydrogen (secondary N) is 2. The average Bonchev–Trinajstić information content (AvgIpc) is 2.68. The Bertz CT molecular complexity index is 834. The zero-order valence-corrected chi connectivity index (χ0v) is 17.5. The van der Waals surface area contributed by atoms with Crippen molar-refractivity contribution in [2.24, 2.45) is 5.92 Å². The third kappa shape index (κ3) is 4.91. The minimum atomic E-state index is -4.49. The molecule has 3 atom stereocenters. The fraction of sp³-hybridized carbons (Fsp3) is 0.600. The van der Waals surface area contributed by atoms with Crippen molar-refractivity contribution >= 4 is 23.5 Å². The maximum Gasteiger partial charge on any atom is 0.407 e. The summed E-state index contributed by atoms with van der Waals surface area (Å²) in [4.78, 5) is 27.5. The second-order valence-corrected chi connectivity index (χ2v) is 8.62. The van der Waals surface area contributed by atoms with Gasteiger partial charge in [-0.15, -0.1) is 0 Å². The van der Waals surface area contributed by atoms with Gasteiger partial charge in [0.25, 0.3) is 0 Å². The highest BCUT2D eigenvalue weighted by Crippen LogP contribution is 2.36. The normalized spacial score (nSPS) is 25.5. The van der Waals surface area contributed by atoms with Crippen LogP contribution in [0.5, 0.6) is 0 Å². The first kappa shape index (κ1) is 22.2. The van der Waals surface area contributed by atoms with Crippen LogP contribution in [0.2, 0.25) is 5.02 Å². The van der Waals surface area contributed by atoms with Crippen molar-refractivity contribution in [2.45, 2.75) is 30.8 Å². The van der Waals surface area contributed by atoms with Gasteiger partial charge in [-0.2, -0.15) is 13.2 Å². The van der Waals surface area contributed by atoms with Crippen LogP contribution in [0.4, 0.5) is 18.0 Å². The molecule has 3 amide bonds. The van der Waals surface area contributed by atoms with Gasteiger partial charge in [-0.25, -0.2) is 4.79 Å². The largest absolute Gasteiger partial charge is 0.407 e. The first-order chi connectivity index (χ1) is 14.7. The summed E-state index contributed by atoms with van der Waals surface area (Å²) in [5, 5.41) is 5.49. The summed E-state index contributed by atoms with van der Waals surface area (Å²) < 4.78 is 46.1. The van der Waals surface area contributed by atoms with Gasteiger partial charge in [0.05, 0.1) is 12.1 Å². The molecule has 1 aromatic carbocycles. The number of likely N-dealkylation sites (tertiary alicyclic amines) is 2. The Hall–Kier alpha value is -2.04. The molecule has 31 heavy (non-hydrogen) atoms. The van der Waals surface area contributed by atoms with Gasteiger partial charge in [-0.05, 0) is 18.1 Å². The number of piperidine rings is 1. The van der Waals surface area contributed by atoms with Gasteiger partial charge in [-0.3, -0.25) is 4.79 Å². The molecular formula is C20H24ClF3N4O3. The highest BCUT2D eigenvalue weighted by molar-refractivity contribution is 6.31. The predicted octanol–water partition coefficient (Wildman–Crippen LogP) is 2.17. The van der Waals surface area contributed by atoms with Gasteiger partial charge >= 0.3 is 12.2 Å². The third-order valence-corrected chi connectivity index (χ3v) is 6.32. The molecule has 0 aromatic heterocycles. The van der Waals surface area contributed by atoms with E-state index < -0.39 is 12.2 Å². The van der Waals surface area contributed by atoms with Crippen LogP contribution in [-0.4, -0.2) is 79.4 Å². The summed E-state index contributed by atoms with van der Waals surface area (Å²) in [6.07, 6.45) is -3.93. The number of alkyl halides is 3. The number of hydrogen-bond donors (Lipinski definition) is 2. The van der Waals surface area contributed by atoms with Gasteiger partial charge in [0.1, 0.15) is 12.6 Å². The van der Waals surface area contributed by atoms with Gasteiger partial charge in [0.15, 0.2) is 0 Å². The van der Waals surface area contributed by atoms with Crippen molar-refractivity contribution in [3.63, 3.8) is 0 Å². The number of ether oxygens (including phenoxy) is 1. The van der Waals surface area contributed by atoms with E-state index >= 15 is 0 Å². The quantitative estimate of drug-likeness (QED) is 0.722. The molecule has 3 aliphatic rings. The molecule has 170 valence electrons. The molecule has 0 bridgehead atoms. The van der Waals surface area contributed by atoms with Crippen molar-refractivity contribution in [1.29, 1.82) is 0 Å². The number of carbonyl (C=O) groups excluding carboxylic acids is 2. The molecule has 11 heteroatoms. The molecule has 0 aliphatic carbocycles. The Balaban J connectivity index is 1.27. The van der Waals surface area contributed by atoms with E-state index in [-0.39, 0.29) is 53.7 Å². The molecule has 3 heterocycles. The Morgan fingerprint density at radius 2 is 2.00 bits per heavy atom. The summed E-state index contributed by atoms with van der Waals surface area (Å²) in [6, 6.07) is 3.66. The Kier molecular flexibility index (Phi) is 6.32. The van der Waals surface area contributed by atoms with Crippen LogP contribution < -0.4 is 10.6 Å². The van der Waals surface area contributed by atoms with Crippen molar-refractivity contribution in [3.05, 3.63) is 34.9 Å². The van der Waals surface area contributed by atoms with Crippen LogP contribution in [0, 0.1) is 5.92 Å². The Morgan fingerprint density at radius 1 is 1.26 bits per heavy atom. The number of rotatable bonds is 4. The average molecular weight is 461 g/mol. The maximum atomic E-state index is 13.5. The molecule has 2 N–H and O–H groups in total. The second-order valence-electron chi connectivity index (χ2n) is 8.22. The van der Waals surface area contributed by atoms with E-state index in [2.05, 4.69) is 10.6 Å². The molecular weight excluding hydrogens is 437 g/mol. The first-order valence-corrected chi connectivity index (χ1v) is 10.6. The third-order valence-electron chi connectivity index (χ3n) is 5.98.